The monoisotopic (exact) mass is 436 g/mol. The van der Waals surface area contributed by atoms with Gasteiger partial charge in [0.15, 0.2) is 6.10 Å². The second-order valence-electron chi connectivity index (χ2n) is 7.66. The van der Waals surface area contributed by atoms with Gasteiger partial charge in [-0.15, -0.1) is 0 Å². The summed E-state index contributed by atoms with van der Waals surface area (Å²) in [5.41, 5.74) is 0.463. The minimum atomic E-state index is -0.665. The standard InChI is InChI=1S/C23H24N4O5/c1-15(12-24)32-18-4-5-20-19(11-18)22(28)26(14-16-3-6-21(30-2)25-13-16)23(29)27(20)17-7-9-31-10-8-17/h3-6,11,13,15,17H,7-10,14H2,1-2H3. The lowest BCUT2D eigenvalue weighted by atomic mass is 10.1. The summed E-state index contributed by atoms with van der Waals surface area (Å²) in [4.78, 5) is 31.1. The Hall–Kier alpha value is -3.64. The Morgan fingerprint density at radius 2 is 2.03 bits per heavy atom. The fraction of sp³-hybridized carbons (Fsp3) is 0.391. The number of ether oxygens (including phenoxy) is 3. The lowest BCUT2D eigenvalue weighted by Gasteiger charge is -2.26. The highest BCUT2D eigenvalue weighted by Gasteiger charge is 2.23. The van der Waals surface area contributed by atoms with Crippen LogP contribution in [0.1, 0.15) is 31.4 Å². The van der Waals surface area contributed by atoms with Gasteiger partial charge in [0.05, 0.1) is 24.6 Å². The molecule has 0 aliphatic carbocycles. The Kier molecular flexibility index (Phi) is 6.23. The summed E-state index contributed by atoms with van der Waals surface area (Å²) < 4.78 is 19.0. The van der Waals surface area contributed by atoms with Gasteiger partial charge in [0.1, 0.15) is 11.8 Å². The third-order valence-corrected chi connectivity index (χ3v) is 5.54. The second-order valence-corrected chi connectivity index (χ2v) is 7.66. The van der Waals surface area contributed by atoms with Crippen LogP contribution < -0.4 is 20.7 Å². The van der Waals surface area contributed by atoms with E-state index in [1.165, 1.54) is 11.7 Å². The predicted molar refractivity (Wildman–Crippen MR) is 117 cm³/mol. The van der Waals surface area contributed by atoms with Gasteiger partial charge < -0.3 is 14.2 Å². The topological polar surface area (TPSA) is 108 Å². The highest BCUT2D eigenvalue weighted by Crippen LogP contribution is 2.25. The first-order chi connectivity index (χ1) is 15.5. The van der Waals surface area contributed by atoms with Gasteiger partial charge in [-0.1, -0.05) is 6.07 Å². The molecule has 166 valence electrons. The molecule has 3 aromatic rings. The minimum absolute atomic E-state index is 0.0769. The first-order valence-electron chi connectivity index (χ1n) is 10.4. The third kappa shape index (κ3) is 4.22. The second kappa shape index (κ2) is 9.24. The number of hydrogen-bond acceptors (Lipinski definition) is 7. The maximum absolute atomic E-state index is 13.5. The molecule has 0 bridgehead atoms. The Morgan fingerprint density at radius 1 is 1.25 bits per heavy atom. The quantitative estimate of drug-likeness (QED) is 0.583. The third-order valence-electron chi connectivity index (χ3n) is 5.54. The van der Waals surface area contributed by atoms with Crippen LogP contribution in [0.3, 0.4) is 0 Å². The number of nitriles is 1. The Bertz CT molecular complexity index is 1270. The molecule has 1 unspecified atom stereocenters. The van der Waals surface area contributed by atoms with Crippen LogP contribution in [0.25, 0.3) is 10.9 Å². The zero-order valence-electron chi connectivity index (χ0n) is 18.0. The summed E-state index contributed by atoms with van der Waals surface area (Å²) in [6.07, 6.45) is 2.28. The van der Waals surface area contributed by atoms with Crippen molar-refractivity contribution in [2.45, 2.75) is 38.5 Å². The van der Waals surface area contributed by atoms with Gasteiger partial charge in [0.25, 0.3) is 5.56 Å². The van der Waals surface area contributed by atoms with Gasteiger partial charge in [-0.25, -0.2) is 9.78 Å². The number of benzene rings is 1. The number of aromatic nitrogens is 3. The van der Waals surface area contributed by atoms with Crippen molar-refractivity contribution in [1.29, 1.82) is 5.26 Å². The summed E-state index contributed by atoms with van der Waals surface area (Å²) in [5, 5.41) is 9.41. The fourth-order valence-corrected chi connectivity index (χ4v) is 3.91. The first kappa shape index (κ1) is 21.6. The molecule has 0 amide bonds. The van der Waals surface area contributed by atoms with Gasteiger partial charge in [0, 0.05) is 31.5 Å². The van der Waals surface area contributed by atoms with Gasteiger partial charge in [-0.3, -0.25) is 13.9 Å². The van der Waals surface area contributed by atoms with E-state index in [1.807, 2.05) is 6.07 Å². The van der Waals surface area contributed by atoms with Gasteiger partial charge in [-0.05, 0) is 43.5 Å². The van der Waals surface area contributed by atoms with Crippen LogP contribution in [0, 0.1) is 11.3 Å². The fourth-order valence-electron chi connectivity index (χ4n) is 3.91. The van der Waals surface area contributed by atoms with Crippen molar-refractivity contribution in [3.05, 3.63) is 62.9 Å². The zero-order valence-corrected chi connectivity index (χ0v) is 18.0. The molecule has 2 aromatic heterocycles. The van der Waals surface area contributed by atoms with Crippen molar-refractivity contribution in [3.63, 3.8) is 0 Å². The Morgan fingerprint density at radius 3 is 2.69 bits per heavy atom. The predicted octanol–water partition coefficient (Wildman–Crippen LogP) is 2.26. The molecule has 1 aliphatic rings. The van der Waals surface area contributed by atoms with E-state index >= 15 is 0 Å². The SMILES string of the molecule is COc1ccc(Cn2c(=O)c3cc(OC(C)C#N)ccc3n(C3CCOCC3)c2=O)cn1. The maximum atomic E-state index is 13.5. The first-order valence-corrected chi connectivity index (χ1v) is 10.4. The number of pyridine rings is 1. The molecule has 1 saturated heterocycles. The molecule has 1 atom stereocenters. The van der Waals surface area contributed by atoms with E-state index < -0.39 is 11.7 Å². The van der Waals surface area contributed by atoms with Crippen LogP contribution >= 0.6 is 0 Å². The lowest BCUT2D eigenvalue weighted by molar-refractivity contribution is 0.0691. The molecule has 1 aromatic carbocycles. The van der Waals surface area contributed by atoms with Crippen LogP contribution in [0.4, 0.5) is 0 Å². The molecule has 0 saturated carbocycles. The van der Waals surface area contributed by atoms with Gasteiger partial charge in [-0.2, -0.15) is 5.26 Å². The minimum Gasteiger partial charge on any atom is -0.481 e. The molecule has 4 rings (SSSR count). The van der Waals surface area contributed by atoms with Gasteiger partial charge in [0.2, 0.25) is 5.88 Å². The van der Waals surface area contributed by atoms with E-state index in [1.54, 1.807) is 48.0 Å². The average molecular weight is 436 g/mol. The number of fused-ring (bicyclic) bond motifs is 1. The summed E-state index contributed by atoms with van der Waals surface area (Å²) in [6.45, 7) is 2.82. The zero-order chi connectivity index (χ0) is 22.7. The van der Waals surface area contributed by atoms with Crippen molar-refractivity contribution < 1.29 is 14.2 Å². The normalized spacial score (nSPS) is 15.3. The smallest absolute Gasteiger partial charge is 0.332 e. The molecule has 9 nitrogen and oxygen atoms in total. The maximum Gasteiger partial charge on any atom is 0.332 e. The summed E-state index contributed by atoms with van der Waals surface area (Å²) in [5.74, 6) is 0.853. The molecule has 3 heterocycles. The van der Waals surface area contributed by atoms with Crippen molar-refractivity contribution >= 4 is 10.9 Å². The van der Waals surface area contributed by atoms with Crippen LogP contribution in [0.2, 0.25) is 0 Å². The Balaban J connectivity index is 1.87. The molecule has 0 radical (unpaired) electrons. The molecular formula is C23H24N4O5. The van der Waals surface area contributed by atoms with Crippen LogP contribution in [-0.2, 0) is 11.3 Å². The molecule has 32 heavy (non-hydrogen) atoms. The van der Waals surface area contributed by atoms with Crippen LogP contribution in [0.15, 0.2) is 46.1 Å². The van der Waals surface area contributed by atoms with E-state index in [9.17, 15) is 9.59 Å². The van der Waals surface area contributed by atoms with Crippen LogP contribution in [0.5, 0.6) is 11.6 Å². The lowest BCUT2D eigenvalue weighted by Crippen LogP contribution is -2.42. The van der Waals surface area contributed by atoms with Crippen molar-refractivity contribution in [3.8, 4) is 17.7 Å². The molecule has 0 spiro atoms. The van der Waals surface area contributed by atoms with E-state index in [0.717, 1.165) is 0 Å². The molecule has 1 aliphatic heterocycles. The summed E-state index contributed by atoms with van der Waals surface area (Å²) >= 11 is 0. The van der Waals surface area contributed by atoms with Crippen LogP contribution in [-0.4, -0.2) is 40.5 Å². The summed E-state index contributed by atoms with van der Waals surface area (Å²) in [7, 11) is 1.52. The number of nitrogens with zero attached hydrogens (tertiary/aromatic N) is 4. The van der Waals surface area contributed by atoms with Gasteiger partial charge >= 0.3 is 5.69 Å². The molecule has 9 heteroatoms. The highest BCUT2D eigenvalue weighted by molar-refractivity contribution is 5.80. The largest absolute Gasteiger partial charge is 0.481 e. The van der Waals surface area contributed by atoms with Crippen molar-refractivity contribution in [2.24, 2.45) is 0 Å². The van der Waals surface area contributed by atoms with E-state index in [0.29, 0.717) is 54.2 Å². The molecule has 1 fully saturated rings. The summed E-state index contributed by atoms with van der Waals surface area (Å²) in [6, 6.07) is 10.4. The van der Waals surface area contributed by atoms with E-state index in [2.05, 4.69) is 4.98 Å². The Labute approximate surface area is 184 Å². The van der Waals surface area contributed by atoms with E-state index in [-0.39, 0.29) is 18.3 Å². The number of methoxy groups -OCH3 is 1. The number of hydrogen-bond donors (Lipinski definition) is 0. The number of rotatable bonds is 6. The van der Waals surface area contributed by atoms with Crippen molar-refractivity contribution in [2.75, 3.05) is 20.3 Å². The van der Waals surface area contributed by atoms with E-state index in [4.69, 9.17) is 19.5 Å². The highest BCUT2D eigenvalue weighted by atomic mass is 16.5. The average Bonchev–Trinajstić information content (AvgIpc) is 2.83. The molecule has 0 N–H and O–H groups in total. The molecular weight excluding hydrogens is 412 g/mol. The van der Waals surface area contributed by atoms with Crippen molar-refractivity contribution in [1.82, 2.24) is 14.1 Å².